The summed E-state index contributed by atoms with van der Waals surface area (Å²) in [5.74, 6) is 0.555. The smallest absolute Gasteiger partial charge is 0.267 e. The number of anilines is 1. The van der Waals surface area contributed by atoms with E-state index in [0.717, 1.165) is 44.3 Å². The quantitative estimate of drug-likeness (QED) is 0.515. The Bertz CT molecular complexity index is 1090. The molecule has 0 aromatic carbocycles. The normalized spacial score (nSPS) is 18.8. The third-order valence-corrected chi connectivity index (χ3v) is 6.90. The summed E-state index contributed by atoms with van der Waals surface area (Å²) >= 11 is 6.70. The number of unbranched alkanes of at least 4 members (excludes halogenated alkanes) is 1. The van der Waals surface area contributed by atoms with E-state index in [1.165, 1.54) is 18.2 Å². The van der Waals surface area contributed by atoms with Crippen molar-refractivity contribution in [2.24, 2.45) is 0 Å². The number of aryl methyl sites for hydroxylation is 1. The second-order valence-electron chi connectivity index (χ2n) is 7.82. The SMILES string of the molecule is CCCCN1C(=O)/C(=C/c2c(N3CCCCC3)nc3ccc(C)cn3c2=O)SC1=S. The van der Waals surface area contributed by atoms with Crippen LogP contribution in [-0.2, 0) is 4.79 Å². The number of fused-ring (bicyclic) bond motifs is 1. The summed E-state index contributed by atoms with van der Waals surface area (Å²) in [6.45, 7) is 6.39. The summed E-state index contributed by atoms with van der Waals surface area (Å²) in [4.78, 5) is 35.6. The van der Waals surface area contributed by atoms with Crippen molar-refractivity contribution in [2.75, 3.05) is 24.5 Å². The zero-order valence-electron chi connectivity index (χ0n) is 17.4. The number of pyridine rings is 1. The van der Waals surface area contributed by atoms with Crippen LogP contribution < -0.4 is 10.5 Å². The van der Waals surface area contributed by atoms with Crippen LogP contribution in [0.25, 0.3) is 11.7 Å². The highest BCUT2D eigenvalue weighted by molar-refractivity contribution is 8.26. The van der Waals surface area contributed by atoms with Crippen molar-refractivity contribution in [2.45, 2.75) is 46.0 Å². The lowest BCUT2D eigenvalue weighted by Gasteiger charge is -2.29. The molecule has 0 atom stereocenters. The van der Waals surface area contributed by atoms with Gasteiger partial charge in [0.1, 0.15) is 15.8 Å². The summed E-state index contributed by atoms with van der Waals surface area (Å²) in [5, 5.41) is 0. The number of piperidine rings is 1. The van der Waals surface area contributed by atoms with Gasteiger partial charge < -0.3 is 4.90 Å². The predicted octanol–water partition coefficient (Wildman–Crippen LogP) is 3.99. The van der Waals surface area contributed by atoms with Gasteiger partial charge in [-0.25, -0.2) is 4.98 Å². The average Bonchev–Trinajstić information content (AvgIpc) is 3.02. The number of aromatic nitrogens is 2. The Morgan fingerprint density at radius 2 is 1.97 bits per heavy atom. The van der Waals surface area contributed by atoms with Crippen molar-refractivity contribution < 1.29 is 4.79 Å². The van der Waals surface area contributed by atoms with Crippen molar-refractivity contribution in [3.8, 4) is 0 Å². The second-order valence-corrected chi connectivity index (χ2v) is 9.50. The highest BCUT2D eigenvalue weighted by Gasteiger charge is 2.32. The molecule has 2 saturated heterocycles. The minimum absolute atomic E-state index is 0.114. The lowest BCUT2D eigenvalue weighted by molar-refractivity contribution is -0.122. The lowest BCUT2D eigenvalue weighted by Crippen LogP contribution is -2.33. The summed E-state index contributed by atoms with van der Waals surface area (Å²) in [6.07, 6.45) is 8.74. The topological polar surface area (TPSA) is 57.9 Å². The molecule has 8 heteroatoms. The number of rotatable bonds is 5. The van der Waals surface area contributed by atoms with E-state index < -0.39 is 0 Å². The molecule has 4 rings (SSSR count). The molecule has 0 N–H and O–H groups in total. The van der Waals surface area contributed by atoms with Gasteiger partial charge in [0.05, 0.1) is 10.5 Å². The maximum atomic E-state index is 13.5. The predicted molar refractivity (Wildman–Crippen MR) is 127 cm³/mol. The Morgan fingerprint density at radius 1 is 1.20 bits per heavy atom. The van der Waals surface area contributed by atoms with Crippen LogP contribution in [0.2, 0.25) is 0 Å². The van der Waals surface area contributed by atoms with Crippen LogP contribution in [0.5, 0.6) is 0 Å². The molecule has 2 fully saturated rings. The van der Waals surface area contributed by atoms with Crippen molar-refractivity contribution in [3.63, 3.8) is 0 Å². The average molecular weight is 443 g/mol. The molecule has 0 spiro atoms. The van der Waals surface area contributed by atoms with Crippen molar-refractivity contribution >= 4 is 51.7 Å². The molecule has 1 amide bonds. The van der Waals surface area contributed by atoms with E-state index >= 15 is 0 Å². The molecule has 0 unspecified atom stereocenters. The number of hydrogen-bond acceptors (Lipinski definition) is 6. The molecule has 4 heterocycles. The summed E-state index contributed by atoms with van der Waals surface area (Å²) in [7, 11) is 0. The number of carbonyl (C=O) groups excluding carboxylic acids is 1. The fourth-order valence-corrected chi connectivity index (χ4v) is 5.15. The summed E-state index contributed by atoms with van der Waals surface area (Å²) in [5.41, 5.74) is 1.92. The molecular formula is C22H26N4O2S2. The van der Waals surface area contributed by atoms with Crippen LogP contribution in [0, 0.1) is 6.92 Å². The van der Waals surface area contributed by atoms with Crippen LogP contribution in [-0.4, -0.2) is 44.1 Å². The zero-order valence-corrected chi connectivity index (χ0v) is 19.0. The Morgan fingerprint density at radius 3 is 2.70 bits per heavy atom. The fourth-order valence-electron chi connectivity index (χ4n) is 3.86. The molecule has 6 nitrogen and oxygen atoms in total. The number of hydrogen-bond donors (Lipinski definition) is 0. The fraction of sp³-hybridized carbons (Fsp3) is 0.455. The molecule has 2 aromatic rings. The van der Waals surface area contributed by atoms with Crippen molar-refractivity contribution in [1.82, 2.24) is 14.3 Å². The summed E-state index contributed by atoms with van der Waals surface area (Å²) < 4.78 is 2.14. The van der Waals surface area contributed by atoms with E-state index in [1.54, 1.807) is 21.6 Å². The second kappa shape index (κ2) is 8.89. The van der Waals surface area contributed by atoms with E-state index in [4.69, 9.17) is 17.2 Å². The van der Waals surface area contributed by atoms with Crippen LogP contribution >= 0.6 is 24.0 Å². The molecular weight excluding hydrogens is 416 g/mol. The molecule has 158 valence electrons. The molecule has 0 saturated carbocycles. The highest BCUT2D eigenvalue weighted by Crippen LogP contribution is 2.34. The van der Waals surface area contributed by atoms with Gasteiger partial charge in [-0.1, -0.05) is 43.4 Å². The number of thioether (sulfide) groups is 1. The Balaban J connectivity index is 1.83. The maximum absolute atomic E-state index is 13.5. The number of thiocarbonyl (C=S) groups is 1. The van der Waals surface area contributed by atoms with Crippen molar-refractivity contribution in [1.29, 1.82) is 0 Å². The first kappa shape index (κ1) is 21.1. The molecule has 30 heavy (non-hydrogen) atoms. The van der Waals surface area contributed by atoms with E-state index in [2.05, 4.69) is 11.8 Å². The lowest BCUT2D eigenvalue weighted by atomic mass is 10.1. The van der Waals surface area contributed by atoms with Gasteiger partial charge in [0.25, 0.3) is 11.5 Å². The molecule has 0 radical (unpaired) electrons. The van der Waals surface area contributed by atoms with Crippen molar-refractivity contribution in [3.05, 3.63) is 44.7 Å². The van der Waals surface area contributed by atoms with Crippen LogP contribution in [0.15, 0.2) is 28.0 Å². The Kier molecular flexibility index (Phi) is 6.24. The van der Waals surface area contributed by atoms with Gasteiger partial charge >= 0.3 is 0 Å². The molecule has 2 aliphatic heterocycles. The van der Waals surface area contributed by atoms with E-state index in [1.807, 2.05) is 19.1 Å². The van der Waals surface area contributed by atoms with Crippen LogP contribution in [0.4, 0.5) is 5.82 Å². The number of amides is 1. The summed E-state index contributed by atoms with van der Waals surface area (Å²) in [6, 6.07) is 3.83. The van der Waals surface area contributed by atoms with Crippen LogP contribution in [0.1, 0.15) is 50.2 Å². The van der Waals surface area contributed by atoms with Gasteiger partial charge in [-0.3, -0.25) is 18.9 Å². The highest BCUT2D eigenvalue weighted by atomic mass is 32.2. The first-order valence-electron chi connectivity index (χ1n) is 10.5. The minimum Gasteiger partial charge on any atom is -0.356 e. The Labute approximate surface area is 186 Å². The van der Waals surface area contributed by atoms with E-state index in [-0.39, 0.29) is 11.5 Å². The molecule has 0 bridgehead atoms. The van der Waals surface area contributed by atoms with Gasteiger partial charge in [0, 0.05) is 25.8 Å². The molecule has 2 aromatic heterocycles. The van der Waals surface area contributed by atoms with Gasteiger partial charge in [-0.05, 0) is 50.3 Å². The van der Waals surface area contributed by atoms with Gasteiger partial charge in [-0.2, -0.15) is 0 Å². The molecule has 0 aliphatic carbocycles. The first-order valence-corrected chi connectivity index (χ1v) is 11.8. The van der Waals surface area contributed by atoms with Crippen LogP contribution in [0.3, 0.4) is 0 Å². The van der Waals surface area contributed by atoms with Gasteiger partial charge in [0.15, 0.2) is 0 Å². The number of nitrogens with zero attached hydrogens (tertiary/aromatic N) is 4. The number of carbonyl (C=O) groups is 1. The largest absolute Gasteiger partial charge is 0.356 e. The van der Waals surface area contributed by atoms with Gasteiger partial charge in [-0.15, -0.1) is 0 Å². The Hall–Kier alpha value is -2.19. The maximum Gasteiger partial charge on any atom is 0.267 e. The third-order valence-electron chi connectivity index (χ3n) is 5.53. The minimum atomic E-state index is -0.150. The standard InChI is InChI=1S/C22H26N4O2S2/c1-3-4-12-25-21(28)17(30-22(25)29)13-16-19(24-10-6-5-7-11-24)23-18-9-8-15(2)14-26(18)20(16)27/h8-9,13-14H,3-7,10-12H2,1-2H3/b17-13-. The van der Waals surface area contributed by atoms with E-state index in [9.17, 15) is 9.59 Å². The first-order chi connectivity index (χ1) is 14.5. The van der Waals surface area contributed by atoms with E-state index in [0.29, 0.717) is 32.8 Å². The van der Waals surface area contributed by atoms with Gasteiger partial charge in [0.2, 0.25) is 0 Å². The monoisotopic (exact) mass is 442 g/mol. The third kappa shape index (κ3) is 4.03. The zero-order chi connectivity index (χ0) is 21.3. The molecule has 2 aliphatic rings.